The second kappa shape index (κ2) is 4.39. The molecule has 4 nitrogen and oxygen atoms in total. The zero-order chi connectivity index (χ0) is 13.4. The lowest BCUT2D eigenvalue weighted by molar-refractivity contribution is 0.568. The van der Waals surface area contributed by atoms with Gasteiger partial charge in [0.2, 0.25) is 5.71 Å². The van der Waals surface area contributed by atoms with Gasteiger partial charge in [0.05, 0.1) is 6.33 Å². The quantitative estimate of drug-likeness (QED) is 0.764. The molecule has 0 saturated carbocycles. The lowest BCUT2D eigenvalue weighted by Gasteiger charge is -2.01. The minimum absolute atomic E-state index is 0.170. The topological polar surface area (TPSA) is 58.9 Å². The fourth-order valence-electron chi connectivity index (χ4n) is 2.31. The molecular weight excluding hydrogens is 240 g/mol. The average molecular weight is 254 g/mol. The van der Waals surface area contributed by atoms with E-state index in [1.165, 1.54) is 11.9 Å². The van der Waals surface area contributed by atoms with Crippen molar-refractivity contribution < 1.29 is 4.42 Å². The molecule has 0 spiro atoms. The highest BCUT2D eigenvalue weighted by Gasteiger charge is 2.16. The molecule has 4 heteroatoms. The van der Waals surface area contributed by atoms with Gasteiger partial charge in [-0.1, -0.05) is 31.2 Å². The summed E-state index contributed by atoms with van der Waals surface area (Å²) in [5, 5.41) is 0.518. The van der Waals surface area contributed by atoms with Crippen LogP contribution in [0.1, 0.15) is 18.2 Å². The number of hydrogen-bond donors (Lipinski definition) is 1. The van der Waals surface area contributed by atoms with E-state index in [2.05, 4.69) is 29.0 Å². The molecule has 0 unspecified atom stereocenters. The first kappa shape index (κ1) is 11.7. The van der Waals surface area contributed by atoms with Crippen molar-refractivity contribution in [2.75, 3.05) is 0 Å². The van der Waals surface area contributed by atoms with Crippen LogP contribution in [0, 0.1) is 6.92 Å². The molecule has 0 amide bonds. The van der Waals surface area contributed by atoms with Crippen molar-refractivity contribution in [1.82, 2.24) is 9.97 Å². The number of fused-ring (bicyclic) bond motifs is 1. The van der Waals surface area contributed by atoms with Crippen LogP contribution in [0.2, 0.25) is 0 Å². The molecule has 0 aliphatic carbocycles. The average Bonchev–Trinajstić information content (AvgIpc) is 2.76. The number of rotatable bonds is 2. The van der Waals surface area contributed by atoms with Crippen LogP contribution in [0.5, 0.6) is 0 Å². The lowest BCUT2D eigenvalue weighted by atomic mass is 10.0. The van der Waals surface area contributed by atoms with Crippen LogP contribution < -0.4 is 5.56 Å². The Morgan fingerprint density at radius 1 is 1.26 bits per heavy atom. The summed E-state index contributed by atoms with van der Waals surface area (Å²) in [6.07, 6.45) is 2.35. The molecule has 2 heterocycles. The Kier molecular flexibility index (Phi) is 2.71. The monoisotopic (exact) mass is 254 g/mol. The van der Waals surface area contributed by atoms with Crippen LogP contribution in [0.25, 0.3) is 22.2 Å². The number of nitrogens with one attached hydrogen (secondary N) is 1. The predicted octanol–water partition coefficient (Wildman–Crippen LogP) is 3.05. The maximum Gasteiger partial charge on any atom is 0.262 e. The fraction of sp³-hybridized carbons (Fsp3) is 0.200. The van der Waals surface area contributed by atoms with Crippen molar-refractivity contribution in [2.24, 2.45) is 0 Å². The van der Waals surface area contributed by atoms with Crippen molar-refractivity contribution in [1.29, 1.82) is 0 Å². The van der Waals surface area contributed by atoms with Gasteiger partial charge in [0.1, 0.15) is 11.1 Å². The van der Waals surface area contributed by atoms with Gasteiger partial charge in [0.15, 0.2) is 0 Å². The summed E-state index contributed by atoms with van der Waals surface area (Å²) < 4.78 is 5.56. The number of furan rings is 1. The van der Waals surface area contributed by atoms with Crippen molar-refractivity contribution in [3.63, 3.8) is 0 Å². The summed E-state index contributed by atoms with van der Waals surface area (Å²) in [6, 6.07) is 8.17. The molecule has 0 atom stereocenters. The smallest absolute Gasteiger partial charge is 0.262 e. The molecule has 1 aromatic carbocycles. The van der Waals surface area contributed by atoms with Crippen molar-refractivity contribution in [3.05, 3.63) is 52.3 Å². The summed E-state index contributed by atoms with van der Waals surface area (Å²) >= 11 is 0. The highest BCUT2D eigenvalue weighted by Crippen LogP contribution is 2.31. The van der Waals surface area contributed by atoms with Gasteiger partial charge in [-0.25, -0.2) is 4.98 Å². The van der Waals surface area contributed by atoms with Gasteiger partial charge in [-0.15, -0.1) is 0 Å². The maximum atomic E-state index is 12.0. The van der Waals surface area contributed by atoms with Crippen molar-refractivity contribution in [2.45, 2.75) is 20.3 Å². The first-order valence-corrected chi connectivity index (χ1v) is 6.26. The molecule has 0 saturated heterocycles. The summed E-state index contributed by atoms with van der Waals surface area (Å²) in [7, 11) is 0. The summed E-state index contributed by atoms with van der Waals surface area (Å²) in [4.78, 5) is 18.6. The highest BCUT2D eigenvalue weighted by atomic mass is 16.3. The summed E-state index contributed by atoms with van der Waals surface area (Å²) in [5.41, 5.74) is 3.28. The Balaban J connectivity index is 2.29. The second-order valence-corrected chi connectivity index (χ2v) is 4.50. The van der Waals surface area contributed by atoms with E-state index in [1.54, 1.807) is 0 Å². The zero-order valence-electron chi connectivity index (χ0n) is 10.9. The third kappa shape index (κ3) is 1.85. The van der Waals surface area contributed by atoms with Crippen LogP contribution in [0.3, 0.4) is 0 Å². The summed E-state index contributed by atoms with van der Waals surface area (Å²) in [5.74, 6) is 0.712. The van der Waals surface area contributed by atoms with Crippen molar-refractivity contribution in [3.8, 4) is 11.1 Å². The molecule has 1 N–H and O–H groups in total. The Hall–Kier alpha value is -2.36. The van der Waals surface area contributed by atoms with Crippen LogP contribution in [-0.4, -0.2) is 9.97 Å². The van der Waals surface area contributed by atoms with E-state index < -0.39 is 0 Å². The number of hydrogen-bond acceptors (Lipinski definition) is 3. The van der Waals surface area contributed by atoms with E-state index in [0.29, 0.717) is 16.9 Å². The number of benzene rings is 1. The predicted molar refractivity (Wildman–Crippen MR) is 74.2 cm³/mol. The Labute approximate surface area is 110 Å². The van der Waals surface area contributed by atoms with E-state index in [9.17, 15) is 4.79 Å². The molecule has 0 radical (unpaired) electrons. The molecule has 0 fully saturated rings. The van der Waals surface area contributed by atoms with E-state index in [0.717, 1.165) is 17.5 Å². The number of aryl methyl sites for hydroxylation is 2. The maximum absolute atomic E-state index is 12.0. The van der Waals surface area contributed by atoms with Gasteiger partial charge in [-0.3, -0.25) is 4.79 Å². The number of aromatic nitrogens is 2. The molecule has 0 aliphatic heterocycles. The lowest BCUT2D eigenvalue weighted by Crippen LogP contribution is -2.05. The summed E-state index contributed by atoms with van der Waals surface area (Å²) in [6.45, 7) is 3.96. The molecular formula is C15H14N2O2. The number of H-pyrrole nitrogens is 1. The van der Waals surface area contributed by atoms with Gasteiger partial charge in [0, 0.05) is 5.56 Å². The molecule has 3 rings (SSSR count). The van der Waals surface area contributed by atoms with Crippen LogP contribution in [0.4, 0.5) is 0 Å². The van der Waals surface area contributed by atoms with Gasteiger partial charge in [0.25, 0.3) is 5.56 Å². The minimum atomic E-state index is -0.170. The Morgan fingerprint density at radius 2 is 2.00 bits per heavy atom. The highest BCUT2D eigenvalue weighted by molar-refractivity contribution is 5.93. The fourth-order valence-corrected chi connectivity index (χ4v) is 2.31. The van der Waals surface area contributed by atoms with E-state index in [4.69, 9.17) is 4.42 Å². The Morgan fingerprint density at radius 3 is 2.68 bits per heavy atom. The number of nitrogens with zero attached hydrogens (tertiary/aromatic N) is 1. The van der Waals surface area contributed by atoms with Gasteiger partial charge in [-0.2, -0.15) is 0 Å². The Bertz CT molecular complexity index is 782. The van der Waals surface area contributed by atoms with Crippen molar-refractivity contribution >= 4 is 11.1 Å². The van der Waals surface area contributed by atoms with E-state index >= 15 is 0 Å². The molecule has 3 aromatic rings. The molecule has 0 aliphatic rings. The van der Waals surface area contributed by atoms with Gasteiger partial charge < -0.3 is 9.40 Å². The molecule has 2 aromatic heterocycles. The van der Waals surface area contributed by atoms with Crippen LogP contribution in [0.15, 0.2) is 39.8 Å². The van der Waals surface area contributed by atoms with Gasteiger partial charge in [-0.05, 0) is 24.5 Å². The van der Waals surface area contributed by atoms with Gasteiger partial charge >= 0.3 is 0 Å². The number of aromatic amines is 1. The zero-order valence-corrected chi connectivity index (χ0v) is 10.9. The van der Waals surface area contributed by atoms with Crippen LogP contribution >= 0.6 is 0 Å². The minimum Gasteiger partial charge on any atom is -0.442 e. The SMILES string of the molecule is CCc1ccc(-c2c(C)oc3nc[nH]c(=O)c23)cc1. The first-order chi connectivity index (χ1) is 9.20. The molecule has 96 valence electrons. The van der Waals surface area contributed by atoms with E-state index in [-0.39, 0.29) is 5.56 Å². The van der Waals surface area contributed by atoms with E-state index in [1.807, 2.05) is 19.1 Å². The second-order valence-electron chi connectivity index (χ2n) is 4.50. The molecule has 0 bridgehead atoms. The molecule has 19 heavy (non-hydrogen) atoms. The third-order valence-electron chi connectivity index (χ3n) is 3.32. The van der Waals surface area contributed by atoms with Crippen LogP contribution in [-0.2, 0) is 6.42 Å². The normalized spacial score (nSPS) is 11.1. The standard InChI is InChI=1S/C15H14N2O2/c1-3-10-4-6-11(7-5-10)12-9(2)19-15-13(12)14(18)16-8-17-15/h4-8H,3H2,1-2H3,(H,16,17,18). The third-order valence-corrected chi connectivity index (χ3v) is 3.32. The first-order valence-electron chi connectivity index (χ1n) is 6.26. The largest absolute Gasteiger partial charge is 0.442 e.